The van der Waals surface area contributed by atoms with E-state index in [1.807, 2.05) is 0 Å². The van der Waals surface area contributed by atoms with E-state index in [0.29, 0.717) is 11.2 Å². The van der Waals surface area contributed by atoms with Crippen molar-refractivity contribution in [2.24, 2.45) is 0 Å². The first-order chi connectivity index (χ1) is 6.65. The van der Waals surface area contributed by atoms with E-state index < -0.39 is 0 Å². The summed E-state index contributed by atoms with van der Waals surface area (Å²) in [6, 6.07) is 0.447. The Morgan fingerprint density at radius 2 is 1.93 bits per heavy atom. The van der Waals surface area contributed by atoms with E-state index >= 15 is 0 Å². The lowest BCUT2D eigenvalue weighted by atomic mass is 10.3. The third-order valence-electron chi connectivity index (χ3n) is 2.14. The number of carbonyl (C=O) groups is 2. The fourth-order valence-electron chi connectivity index (χ4n) is 1.27. The van der Waals surface area contributed by atoms with Crippen LogP contribution in [-0.2, 0) is 9.59 Å². The van der Waals surface area contributed by atoms with Crippen molar-refractivity contribution >= 4 is 29.1 Å². The van der Waals surface area contributed by atoms with E-state index in [9.17, 15) is 9.59 Å². The fraction of sp³-hybridized carbons (Fsp3) is 0.625. The van der Waals surface area contributed by atoms with E-state index in [1.54, 1.807) is 4.90 Å². The molecule has 76 valence electrons. The molecule has 2 N–H and O–H groups in total. The summed E-state index contributed by atoms with van der Waals surface area (Å²) in [6.07, 6.45) is 2.24. The molecule has 0 atom stereocenters. The van der Waals surface area contributed by atoms with Crippen LogP contribution in [0.1, 0.15) is 12.8 Å². The molecular weight excluding hydrogens is 202 g/mol. The minimum Gasteiger partial charge on any atom is -0.360 e. The van der Waals surface area contributed by atoms with Gasteiger partial charge in [-0.05, 0) is 25.1 Å². The number of hydrogen-bond donors (Lipinski definition) is 2. The van der Waals surface area contributed by atoms with Gasteiger partial charge in [-0.3, -0.25) is 14.9 Å². The molecule has 0 aromatic carbocycles. The molecule has 2 rings (SSSR count). The van der Waals surface area contributed by atoms with Crippen molar-refractivity contribution in [1.82, 2.24) is 15.5 Å². The van der Waals surface area contributed by atoms with Crippen LogP contribution in [0.15, 0.2) is 0 Å². The molecule has 0 aromatic heterocycles. The Kier molecular flexibility index (Phi) is 2.37. The average Bonchev–Trinajstić information content (AvgIpc) is 2.86. The highest BCUT2D eigenvalue weighted by Gasteiger charge is 2.28. The van der Waals surface area contributed by atoms with E-state index in [0.717, 1.165) is 12.8 Å². The summed E-state index contributed by atoms with van der Waals surface area (Å²) in [5, 5.41) is 5.83. The summed E-state index contributed by atoms with van der Waals surface area (Å²) < 4.78 is 0. The van der Waals surface area contributed by atoms with Crippen molar-refractivity contribution in [1.29, 1.82) is 0 Å². The van der Waals surface area contributed by atoms with Crippen molar-refractivity contribution in [3.8, 4) is 0 Å². The van der Waals surface area contributed by atoms with Crippen molar-refractivity contribution in [3.63, 3.8) is 0 Å². The second kappa shape index (κ2) is 3.53. The lowest BCUT2D eigenvalue weighted by Gasteiger charge is -2.27. The monoisotopic (exact) mass is 213 g/mol. The minimum atomic E-state index is -0.291. The molecule has 0 spiro atoms. The van der Waals surface area contributed by atoms with Crippen LogP contribution in [0.25, 0.3) is 0 Å². The van der Waals surface area contributed by atoms with E-state index in [1.165, 1.54) is 0 Å². The second-order valence-electron chi connectivity index (χ2n) is 3.55. The Balaban J connectivity index is 1.91. The summed E-state index contributed by atoms with van der Waals surface area (Å²) in [4.78, 5) is 23.6. The standard InChI is InChI=1S/C8H11N3O2S/c12-6-3-11(4-7(13)10-6)8(14)9-5-1-2-5/h5H,1-4H2,(H,9,14)(H,10,12,13). The summed E-state index contributed by atoms with van der Waals surface area (Å²) in [5.41, 5.74) is 0. The maximum Gasteiger partial charge on any atom is 0.246 e. The summed E-state index contributed by atoms with van der Waals surface area (Å²) in [7, 11) is 0. The maximum atomic E-state index is 11.0. The molecule has 1 saturated carbocycles. The molecule has 6 heteroatoms. The number of nitrogens with zero attached hydrogens (tertiary/aromatic N) is 1. The number of hydrogen-bond acceptors (Lipinski definition) is 3. The molecule has 1 saturated heterocycles. The molecule has 1 heterocycles. The van der Waals surface area contributed by atoms with Crippen LogP contribution in [0, 0.1) is 0 Å². The van der Waals surface area contributed by atoms with Gasteiger partial charge in [0.1, 0.15) is 0 Å². The molecule has 2 amide bonds. The third-order valence-corrected chi connectivity index (χ3v) is 2.52. The zero-order valence-corrected chi connectivity index (χ0v) is 8.39. The highest BCUT2D eigenvalue weighted by Crippen LogP contribution is 2.19. The molecule has 14 heavy (non-hydrogen) atoms. The van der Waals surface area contributed by atoms with Gasteiger partial charge in [-0.15, -0.1) is 0 Å². The predicted molar refractivity (Wildman–Crippen MR) is 53.5 cm³/mol. The van der Waals surface area contributed by atoms with Crippen LogP contribution in [0.4, 0.5) is 0 Å². The van der Waals surface area contributed by atoms with Crippen LogP contribution in [0.3, 0.4) is 0 Å². The number of thiocarbonyl (C=S) groups is 1. The molecule has 2 fully saturated rings. The lowest BCUT2D eigenvalue weighted by Crippen LogP contribution is -2.55. The van der Waals surface area contributed by atoms with Crippen molar-refractivity contribution in [2.75, 3.05) is 13.1 Å². The van der Waals surface area contributed by atoms with Gasteiger partial charge in [0.25, 0.3) is 0 Å². The zero-order chi connectivity index (χ0) is 10.1. The van der Waals surface area contributed by atoms with E-state index in [-0.39, 0.29) is 24.9 Å². The molecule has 5 nitrogen and oxygen atoms in total. The Bertz CT molecular complexity index is 285. The summed E-state index contributed by atoms with van der Waals surface area (Å²) in [5.74, 6) is -0.581. The molecular formula is C8H11N3O2S. The van der Waals surface area contributed by atoms with Gasteiger partial charge < -0.3 is 10.2 Å². The first-order valence-corrected chi connectivity index (χ1v) is 4.94. The lowest BCUT2D eigenvalue weighted by molar-refractivity contribution is -0.134. The normalized spacial score (nSPS) is 21.9. The van der Waals surface area contributed by atoms with Gasteiger partial charge in [-0.2, -0.15) is 0 Å². The number of nitrogens with one attached hydrogen (secondary N) is 2. The molecule has 0 radical (unpaired) electrons. The Morgan fingerprint density at radius 1 is 1.36 bits per heavy atom. The Morgan fingerprint density at radius 3 is 2.43 bits per heavy atom. The highest BCUT2D eigenvalue weighted by atomic mass is 32.1. The number of amides is 2. The largest absolute Gasteiger partial charge is 0.360 e. The highest BCUT2D eigenvalue weighted by molar-refractivity contribution is 7.80. The molecule has 0 unspecified atom stereocenters. The van der Waals surface area contributed by atoms with Crippen LogP contribution in [0.5, 0.6) is 0 Å². The quantitative estimate of drug-likeness (QED) is 0.431. The predicted octanol–water partition coefficient (Wildman–Crippen LogP) is -1.02. The second-order valence-corrected chi connectivity index (χ2v) is 3.94. The molecule has 1 aliphatic heterocycles. The van der Waals surface area contributed by atoms with Crippen LogP contribution < -0.4 is 10.6 Å². The number of piperazine rings is 1. The van der Waals surface area contributed by atoms with Crippen LogP contribution in [-0.4, -0.2) is 41.0 Å². The van der Waals surface area contributed by atoms with Gasteiger partial charge in [-0.1, -0.05) is 0 Å². The molecule has 0 bridgehead atoms. The van der Waals surface area contributed by atoms with Gasteiger partial charge in [0.15, 0.2) is 5.11 Å². The molecule has 1 aliphatic carbocycles. The Labute approximate surface area is 86.8 Å². The molecule has 2 aliphatic rings. The summed E-state index contributed by atoms with van der Waals surface area (Å²) in [6.45, 7) is 0.342. The van der Waals surface area contributed by atoms with Crippen molar-refractivity contribution in [3.05, 3.63) is 0 Å². The van der Waals surface area contributed by atoms with Gasteiger partial charge >= 0.3 is 0 Å². The van der Waals surface area contributed by atoms with E-state index in [2.05, 4.69) is 10.6 Å². The number of rotatable bonds is 1. The fourth-order valence-corrected chi connectivity index (χ4v) is 1.57. The Hall–Kier alpha value is -1.17. The first kappa shape index (κ1) is 9.39. The topological polar surface area (TPSA) is 61.4 Å². The third kappa shape index (κ3) is 2.20. The van der Waals surface area contributed by atoms with Crippen molar-refractivity contribution in [2.45, 2.75) is 18.9 Å². The van der Waals surface area contributed by atoms with Crippen LogP contribution >= 0.6 is 12.2 Å². The van der Waals surface area contributed by atoms with Crippen molar-refractivity contribution < 1.29 is 9.59 Å². The van der Waals surface area contributed by atoms with Gasteiger partial charge in [-0.25, -0.2) is 0 Å². The van der Waals surface area contributed by atoms with Gasteiger partial charge in [0.05, 0.1) is 13.1 Å². The van der Waals surface area contributed by atoms with Gasteiger partial charge in [0, 0.05) is 6.04 Å². The number of imide groups is 1. The zero-order valence-electron chi connectivity index (χ0n) is 7.58. The maximum absolute atomic E-state index is 11.0. The SMILES string of the molecule is O=C1CN(C(=S)NC2CC2)CC(=O)N1. The van der Waals surface area contributed by atoms with E-state index in [4.69, 9.17) is 12.2 Å². The number of carbonyl (C=O) groups excluding carboxylic acids is 2. The minimum absolute atomic E-state index is 0.171. The molecule has 0 aromatic rings. The smallest absolute Gasteiger partial charge is 0.246 e. The van der Waals surface area contributed by atoms with Gasteiger partial charge in [0.2, 0.25) is 11.8 Å². The first-order valence-electron chi connectivity index (χ1n) is 4.53. The summed E-state index contributed by atoms with van der Waals surface area (Å²) >= 11 is 5.08. The average molecular weight is 213 g/mol. The van der Waals surface area contributed by atoms with Crippen LogP contribution in [0.2, 0.25) is 0 Å².